The predicted molar refractivity (Wildman–Crippen MR) is 78.1 cm³/mol. The van der Waals surface area contributed by atoms with Crippen molar-refractivity contribution in [3.05, 3.63) is 11.9 Å². The summed E-state index contributed by atoms with van der Waals surface area (Å²) >= 11 is 0. The van der Waals surface area contributed by atoms with Crippen LogP contribution in [0.5, 0.6) is 0 Å². The van der Waals surface area contributed by atoms with Gasteiger partial charge in [0, 0.05) is 26.1 Å². The van der Waals surface area contributed by atoms with Crippen molar-refractivity contribution < 1.29 is 0 Å². The molecule has 0 aliphatic heterocycles. The van der Waals surface area contributed by atoms with Crippen molar-refractivity contribution in [1.29, 1.82) is 0 Å². The van der Waals surface area contributed by atoms with Crippen molar-refractivity contribution >= 4 is 11.6 Å². The molecule has 1 heterocycles. The van der Waals surface area contributed by atoms with E-state index in [1.807, 2.05) is 13.1 Å². The van der Waals surface area contributed by atoms with Crippen LogP contribution in [0.2, 0.25) is 0 Å². The van der Waals surface area contributed by atoms with E-state index in [0.29, 0.717) is 11.8 Å². The molecule has 2 N–H and O–H groups in total. The van der Waals surface area contributed by atoms with Crippen LogP contribution in [0, 0.1) is 11.8 Å². The summed E-state index contributed by atoms with van der Waals surface area (Å²) in [6.45, 7) is 9.83. The summed E-state index contributed by atoms with van der Waals surface area (Å²) in [7, 11) is 1.89. The third-order valence-corrected chi connectivity index (χ3v) is 3.25. The highest BCUT2D eigenvalue weighted by Crippen LogP contribution is 2.14. The quantitative estimate of drug-likeness (QED) is 0.780. The number of hydrogen-bond donors (Lipinski definition) is 2. The number of nitrogens with one attached hydrogen (secondary N) is 2. The summed E-state index contributed by atoms with van der Waals surface area (Å²) in [5.74, 6) is 4.02. The maximum atomic E-state index is 4.54. The molecule has 1 rings (SSSR count). The molecule has 0 radical (unpaired) electrons. The Morgan fingerprint density at radius 3 is 2.39 bits per heavy atom. The highest BCUT2D eigenvalue weighted by atomic mass is 15.1. The minimum Gasteiger partial charge on any atom is -0.373 e. The Labute approximate surface area is 111 Å². The number of rotatable bonds is 7. The molecule has 4 heteroatoms. The van der Waals surface area contributed by atoms with Crippen molar-refractivity contribution in [2.45, 2.75) is 40.5 Å². The number of anilines is 2. The van der Waals surface area contributed by atoms with E-state index >= 15 is 0 Å². The largest absolute Gasteiger partial charge is 0.373 e. The smallest absolute Gasteiger partial charge is 0.133 e. The molecule has 102 valence electrons. The summed E-state index contributed by atoms with van der Waals surface area (Å²) in [6, 6.07) is 1.96. The van der Waals surface area contributed by atoms with Crippen molar-refractivity contribution in [1.82, 2.24) is 9.97 Å². The molecule has 18 heavy (non-hydrogen) atoms. The molecule has 0 bridgehead atoms. The van der Waals surface area contributed by atoms with Gasteiger partial charge in [0.05, 0.1) is 0 Å². The van der Waals surface area contributed by atoms with Gasteiger partial charge in [0.1, 0.15) is 17.5 Å². The summed E-state index contributed by atoms with van der Waals surface area (Å²) in [5.41, 5.74) is 0. The minimum absolute atomic E-state index is 0.632. The zero-order valence-corrected chi connectivity index (χ0v) is 12.2. The summed E-state index contributed by atoms with van der Waals surface area (Å²) in [6.07, 6.45) is 1.99. The Morgan fingerprint density at radius 2 is 1.83 bits per heavy atom. The first kappa shape index (κ1) is 14.7. The summed E-state index contributed by atoms with van der Waals surface area (Å²) < 4.78 is 0. The zero-order chi connectivity index (χ0) is 13.5. The molecule has 4 nitrogen and oxygen atoms in total. The maximum absolute atomic E-state index is 4.54. The van der Waals surface area contributed by atoms with Gasteiger partial charge in [0.25, 0.3) is 0 Å². The summed E-state index contributed by atoms with van der Waals surface area (Å²) in [4.78, 5) is 8.98. The normalized spacial score (nSPS) is 12.6. The van der Waals surface area contributed by atoms with Crippen molar-refractivity contribution in [3.63, 3.8) is 0 Å². The van der Waals surface area contributed by atoms with Gasteiger partial charge in [0.2, 0.25) is 0 Å². The average molecular weight is 250 g/mol. The number of aryl methyl sites for hydroxylation is 1. The topological polar surface area (TPSA) is 49.8 Å². The Bertz CT molecular complexity index is 363. The molecule has 0 saturated heterocycles. The van der Waals surface area contributed by atoms with Gasteiger partial charge in [-0.3, -0.25) is 0 Å². The number of nitrogens with zero attached hydrogens (tertiary/aromatic N) is 2. The molecule has 0 amide bonds. The third kappa shape index (κ3) is 4.51. The van der Waals surface area contributed by atoms with Crippen LogP contribution < -0.4 is 10.6 Å². The van der Waals surface area contributed by atoms with Gasteiger partial charge in [0.15, 0.2) is 0 Å². The molecule has 0 aliphatic carbocycles. The van der Waals surface area contributed by atoms with Gasteiger partial charge in [-0.1, -0.05) is 27.7 Å². The predicted octanol–water partition coefficient (Wildman–Crippen LogP) is 3.17. The van der Waals surface area contributed by atoms with E-state index in [9.17, 15) is 0 Å². The van der Waals surface area contributed by atoms with Crippen molar-refractivity contribution in [2.75, 3.05) is 24.2 Å². The van der Waals surface area contributed by atoms with Gasteiger partial charge in [-0.15, -0.1) is 0 Å². The van der Waals surface area contributed by atoms with Gasteiger partial charge >= 0.3 is 0 Å². The standard InChI is InChI=1S/C14H26N4/c1-6-7-12-17-13(15-5)8-14(18-12)16-9-11(4)10(2)3/h8,10-11H,6-7,9H2,1-5H3,(H2,15,16,17,18). The van der Waals surface area contributed by atoms with Gasteiger partial charge in [-0.2, -0.15) is 0 Å². The second-order valence-corrected chi connectivity index (χ2v) is 5.16. The second-order valence-electron chi connectivity index (χ2n) is 5.16. The first-order valence-corrected chi connectivity index (χ1v) is 6.86. The van der Waals surface area contributed by atoms with E-state index < -0.39 is 0 Å². The Kier molecular flexibility index (Phi) is 5.89. The molecule has 1 aromatic rings. The Hall–Kier alpha value is -1.32. The number of hydrogen-bond acceptors (Lipinski definition) is 4. The third-order valence-electron chi connectivity index (χ3n) is 3.25. The highest BCUT2D eigenvalue weighted by Gasteiger charge is 2.08. The van der Waals surface area contributed by atoms with Gasteiger partial charge in [-0.05, 0) is 18.3 Å². The van der Waals surface area contributed by atoms with Crippen LogP contribution in [-0.2, 0) is 6.42 Å². The lowest BCUT2D eigenvalue weighted by atomic mass is 9.98. The van der Waals surface area contributed by atoms with Crippen molar-refractivity contribution in [3.8, 4) is 0 Å². The molecule has 0 fully saturated rings. The molecular weight excluding hydrogens is 224 g/mol. The van der Waals surface area contributed by atoms with Crippen LogP contribution in [0.25, 0.3) is 0 Å². The first-order valence-electron chi connectivity index (χ1n) is 6.86. The van der Waals surface area contributed by atoms with E-state index in [1.54, 1.807) is 0 Å². The van der Waals surface area contributed by atoms with Gasteiger partial charge in [-0.25, -0.2) is 9.97 Å². The average Bonchev–Trinajstić information content (AvgIpc) is 2.35. The molecular formula is C14H26N4. The van der Waals surface area contributed by atoms with Crippen LogP contribution in [0.4, 0.5) is 11.6 Å². The maximum Gasteiger partial charge on any atom is 0.133 e. The van der Waals surface area contributed by atoms with Crippen molar-refractivity contribution in [2.24, 2.45) is 11.8 Å². The van der Waals surface area contributed by atoms with Crippen LogP contribution in [0.3, 0.4) is 0 Å². The zero-order valence-electron chi connectivity index (χ0n) is 12.2. The number of aromatic nitrogens is 2. The highest BCUT2D eigenvalue weighted by molar-refractivity contribution is 5.47. The van der Waals surface area contributed by atoms with Gasteiger partial charge < -0.3 is 10.6 Å². The fourth-order valence-corrected chi connectivity index (χ4v) is 1.55. The molecule has 0 aromatic carbocycles. The minimum atomic E-state index is 0.632. The van der Waals surface area contributed by atoms with E-state index in [1.165, 1.54) is 0 Å². The lowest BCUT2D eigenvalue weighted by Gasteiger charge is -2.17. The lowest BCUT2D eigenvalue weighted by Crippen LogP contribution is -2.17. The van der Waals surface area contributed by atoms with Crippen LogP contribution >= 0.6 is 0 Å². The van der Waals surface area contributed by atoms with E-state index in [0.717, 1.165) is 36.8 Å². The Balaban J connectivity index is 2.71. The SMILES string of the molecule is CCCc1nc(NC)cc(NCC(C)C(C)C)n1. The Morgan fingerprint density at radius 1 is 1.17 bits per heavy atom. The molecule has 0 saturated carbocycles. The van der Waals surface area contributed by atoms with E-state index in [-0.39, 0.29) is 0 Å². The van der Waals surface area contributed by atoms with Crippen LogP contribution in [-0.4, -0.2) is 23.6 Å². The van der Waals surface area contributed by atoms with E-state index in [2.05, 4.69) is 48.3 Å². The second kappa shape index (κ2) is 7.19. The first-order chi connectivity index (χ1) is 8.56. The monoisotopic (exact) mass is 250 g/mol. The molecule has 1 aromatic heterocycles. The fraction of sp³-hybridized carbons (Fsp3) is 0.714. The molecule has 0 spiro atoms. The lowest BCUT2D eigenvalue weighted by molar-refractivity contribution is 0.439. The molecule has 1 atom stereocenters. The summed E-state index contributed by atoms with van der Waals surface area (Å²) in [5, 5.41) is 6.49. The van der Waals surface area contributed by atoms with Crippen LogP contribution in [0.15, 0.2) is 6.07 Å². The molecule has 1 unspecified atom stereocenters. The molecule has 0 aliphatic rings. The van der Waals surface area contributed by atoms with E-state index in [4.69, 9.17) is 0 Å². The fourth-order valence-electron chi connectivity index (χ4n) is 1.55. The van der Waals surface area contributed by atoms with Crippen LogP contribution in [0.1, 0.15) is 39.9 Å².